The Hall–Kier alpha value is -3.37. The van der Waals surface area contributed by atoms with Crippen molar-refractivity contribution in [1.29, 1.82) is 0 Å². The molecule has 0 bridgehead atoms. The number of aromatic nitrogens is 4. The van der Waals surface area contributed by atoms with Gasteiger partial charge in [-0.05, 0) is 25.7 Å². The predicted molar refractivity (Wildman–Crippen MR) is 121 cm³/mol. The zero-order valence-corrected chi connectivity index (χ0v) is 18.6. The molecule has 1 unspecified atom stereocenters. The molecule has 3 amide bonds. The highest BCUT2D eigenvalue weighted by molar-refractivity contribution is 5.96. The summed E-state index contributed by atoms with van der Waals surface area (Å²) < 4.78 is 1.97. The highest BCUT2D eigenvalue weighted by Gasteiger charge is 2.25. The van der Waals surface area contributed by atoms with Crippen LogP contribution in [-0.4, -0.2) is 69.8 Å². The Bertz CT molecular complexity index is 968. The standard InChI is InChI=1S/C21H31N9O2/c1-28(2)21(32)26-14-6-5-9-29(12-14)17-11-23-18(19(22)31)20(27-17)25-15-10-24-30(13-15)16-7-3-4-8-16/h10-11,13-14,16H,3-9,12H2,1-2H3,(H2,22,31)(H,25,27)(H,26,32). The van der Waals surface area contributed by atoms with Crippen molar-refractivity contribution < 1.29 is 9.59 Å². The van der Waals surface area contributed by atoms with Gasteiger partial charge >= 0.3 is 6.03 Å². The third-order valence-corrected chi connectivity index (χ3v) is 6.04. The first-order valence-corrected chi connectivity index (χ1v) is 11.1. The molecule has 11 nitrogen and oxygen atoms in total. The Labute approximate surface area is 187 Å². The zero-order valence-electron chi connectivity index (χ0n) is 18.6. The van der Waals surface area contributed by atoms with Crippen LogP contribution in [0.25, 0.3) is 0 Å². The number of carbonyl (C=O) groups is 2. The largest absolute Gasteiger partial charge is 0.364 e. The quantitative estimate of drug-likeness (QED) is 0.623. The number of nitrogens with two attached hydrogens (primary N) is 1. The van der Waals surface area contributed by atoms with Gasteiger partial charge in [-0.3, -0.25) is 9.48 Å². The van der Waals surface area contributed by atoms with Gasteiger partial charge in [0.05, 0.1) is 24.1 Å². The number of primary amides is 1. The summed E-state index contributed by atoms with van der Waals surface area (Å²) in [7, 11) is 3.44. The third kappa shape index (κ3) is 4.92. The molecule has 2 aromatic heterocycles. The van der Waals surface area contributed by atoms with Gasteiger partial charge in [0.1, 0.15) is 5.82 Å². The van der Waals surface area contributed by atoms with Crippen molar-refractivity contribution in [3.8, 4) is 0 Å². The van der Waals surface area contributed by atoms with Gasteiger partial charge in [-0.1, -0.05) is 12.8 Å². The second kappa shape index (κ2) is 9.41. The molecule has 1 atom stereocenters. The lowest BCUT2D eigenvalue weighted by molar-refractivity contribution is 0.0996. The molecule has 3 heterocycles. The van der Waals surface area contributed by atoms with Crippen molar-refractivity contribution in [3.05, 3.63) is 24.3 Å². The van der Waals surface area contributed by atoms with Gasteiger partial charge in [-0.2, -0.15) is 5.10 Å². The van der Waals surface area contributed by atoms with Crippen LogP contribution in [-0.2, 0) is 0 Å². The van der Waals surface area contributed by atoms with E-state index in [1.54, 1.807) is 26.5 Å². The molecule has 2 fully saturated rings. The molecular formula is C21H31N9O2. The minimum atomic E-state index is -0.649. The molecule has 32 heavy (non-hydrogen) atoms. The van der Waals surface area contributed by atoms with E-state index < -0.39 is 5.91 Å². The second-order valence-electron chi connectivity index (χ2n) is 8.69. The van der Waals surface area contributed by atoms with Crippen LogP contribution in [0.15, 0.2) is 18.6 Å². The van der Waals surface area contributed by atoms with E-state index in [2.05, 4.69) is 30.6 Å². The van der Waals surface area contributed by atoms with E-state index in [0.717, 1.165) is 37.9 Å². The van der Waals surface area contributed by atoms with Crippen LogP contribution in [0.5, 0.6) is 0 Å². The van der Waals surface area contributed by atoms with E-state index in [4.69, 9.17) is 5.73 Å². The van der Waals surface area contributed by atoms with E-state index in [0.29, 0.717) is 24.2 Å². The maximum Gasteiger partial charge on any atom is 0.317 e. The average Bonchev–Trinajstić information content (AvgIpc) is 3.45. The predicted octanol–water partition coefficient (Wildman–Crippen LogP) is 1.87. The molecule has 0 aromatic carbocycles. The van der Waals surface area contributed by atoms with E-state index in [9.17, 15) is 9.59 Å². The fourth-order valence-electron chi connectivity index (χ4n) is 4.31. The molecule has 172 valence electrons. The Kier molecular flexibility index (Phi) is 6.42. The maximum atomic E-state index is 12.0. The topological polar surface area (TPSA) is 134 Å². The van der Waals surface area contributed by atoms with Crippen LogP contribution in [0.4, 0.5) is 22.1 Å². The Morgan fingerprint density at radius 2 is 1.94 bits per heavy atom. The summed E-state index contributed by atoms with van der Waals surface area (Å²) in [4.78, 5) is 36.5. The molecule has 4 rings (SSSR count). The van der Waals surface area contributed by atoms with Crippen LogP contribution in [0, 0.1) is 0 Å². The summed E-state index contributed by atoms with van der Waals surface area (Å²) in [5.41, 5.74) is 6.36. The number of rotatable bonds is 6. The van der Waals surface area contributed by atoms with Crippen molar-refractivity contribution in [2.75, 3.05) is 37.4 Å². The first kappa shape index (κ1) is 21.8. The Balaban J connectivity index is 1.51. The summed E-state index contributed by atoms with van der Waals surface area (Å²) in [6.45, 7) is 1.40. The smallest absolute Gasteiger partial charge is 0.317 e. The minimum Gasteiger partial charge on any atom is -0.364 e. The molecule has 2 aromatic rings. The number of hydrogen-bond donors (Lipinski definition) is 3. The van der Waals surface area contributed by atoms with Gasteiger partial charge in [0.25, 0.3) is 5.91 Å². The Morgan fingerprint density at radius 1 is 1.16 bits per heavy atom. The summed E-state index contributed by atoms with van der Waals surface area (Å²) in [5.74, 6) is 0.286. The molecular weight excluding hydrogens is 410 g/mol. The van der Waals surface area contributed by atoms with Gasteiger partial charge in [0, 0.05) is 39.4 Å². The summed E-state index contributed by atoms with van der Waals surface area (Å²) in [6, 6.07) is 0.312. The molecule has 0 radical (unpaired) electrons. The number of carbonyl (C=O) groups excluding carboxylic acids is 2. The molecule has 1 aliphatic carbocycles. The summed E-state index contributed by atoms with van der Waals surface area (Å²) >= 11 is 0. The van der Waals surface area contributed by atoms with Crippen LogP contribution in [0.3, 0.4) is 0 Å². The molecule has 4 N–H and O–H groups in total. The molecule has 1 saturated heterocycles. The molecule has 1 saturated carbocycles. The van der Waals surface area contributed by atoms with Gasteiger partial charge in [-0.15, -0.1) is 0 Å². The Morgan fingerprint density at radius 3 is 2.66 bits per heavy atom. The van der Waals surface area contributed by atoms with Gasteiger partial charge in [0.2, 0.25) is 0 Å². The van der Waals surface area contributed by atoms with Gasteiger partial charge in [-0.25, -0.2) is 14.8 Å². The van der Waals surface area contributed by atoms with Crippen LogP contribution >= 0.6 is 0 Å². The number of piperidine rings is 1. The van der Waals surface area contributed by atoms with E-state index >= 15 is 0 Å². The lowest BCUT2D eigenvalue weighted by Gasteiger charge is -2.34. The fraction of sp³-hybridized carbons (Fsp3) is 0.571. The molecule has 11 heteroatoms. The number of urea groups is 1. The van der Waals surface area contributed by atoms with E-state index in [-0.39, 0.29) is 17.8 Å². The third-order valence-electron chi connectivity index (χ3n) is 6.04. The normalized spacial score (nSPS) is 19.1. The molecule has 0 spiro atoms. The number of nitrogens with zero attached hydrogens (tertiary/aromatic N) is 6. The highest BCUT2D eigenvalue weighted by atomic mass is 16.2. The van der Waals surface area contributed by atoms with Crippen molar-refractivity contribution in [3.63, 3.8) is 0 Å². The van der Waals surface area contributed by atoms with Crippen molar-refractivity contribution in [2.45, 2.75) is 50.6 Å². The molecule has 2 aliphatic rings. The second-order valence-corrected chi connectivity index (χ2v) is 8.69. The lowest BCUT2D eigenvalue weighted by atomic mass is 10.1. The van der Waals surface area contributed by atoms with Crippen LogP contribution in [0.1, 0.15) is 55.1 Å². The number of amides is 3. The van der Waals surface area contributed by atoms with E-state index in [1.165, 1.54) is 17.7 Å². The monoisotopic (exact) mass is 441 g/mol. The summed E-state index contributed by atoms with van der Waals surface area (Å²) in [6.07, 6.45) is 11.7. The fourth-order valence-corrected chi connectivity index (χ4v) is 4.31. The SMILES string of the molecule is CN(C)C(=O)NC1CCCN(c2cnc(C(N)=O)c(Nc3cnn(C4CCCC4)c3)n2)C1. The number of anilines is 3. The summed E-state index contributed by atoms with van der Waals surface area (Å²) in [5, 5.41) is 10.7. The lowest BCUT2D eigenvalue weighted by Crippen LogP contribution is -2.50. The first-order valence-electron chi connectivity index (χ1n) is 11.1. The maximum absolute atomic E-state index is 12.0. The van der Waals surface area contributed by atoms with Crippen LogP contribution in [0.2, 0.25) is 0 Å². The van der Waals surface area contributed by atoms with Crippen molar-refractivity contribution in [1.82, 2.24) is 30.0 Å². The van der Waals surface area contributed by atoms with Gasteiger partial charge < -0.3 is 26.2 Å². The highest BCUT2D eigenvalue weighted by Crippen LogP contribution is 2.30. The number of nitrogens with one attached hydrogen (secondary N) is 2. The van der Waals surface area contributed by atoms with Crippen molar-refractivity contribution >= 4 is 29.3 Å². The van der Waals surface area contributed by atoms with Gasteiger partial charge in [0.15, 0.2) is 11.5 Å². The number of hydrogen-bond acceptors (Lipinski definition) is 7. The van der Waals surface area contributed by atoms with Crippen molar-refractivity contribution in [2.24, 2.45) is 5.73 Å². The average molecular weight is 442 g/mol. The molecule has 1 aliphatic heterocycles. The zero-order chi connectivity index (χ0) is 22.7. The first-order chi connectivity index (χ1) is 15.4. The van der Waals surface area contributed by atoms with Crippen LogP contribution < -0.4 is 21.3 Å². The minimum absolute atomic E-state index is 0.0114. The van der Waals surface area contributed by atoms with E-state index in [1.807, 2.05) is 10.9 Å².